The molecule has 0 radical (unpaired) electrons. The first-order chi connectivity index (χ1) is 4.52. The van der Waals surface area contributed by atoms with Crippen molar-refractivity contribution in [1.82, 2.24) is 0 Å². The van der Waals surface area contributed by atoms with E-state index < -0.39 is 5.60 Å². The fourth-order valence-electron chi connectivity index (χ4n) is 1.35. The second-order valence-corrected chi connectivity index (χ2v) is 3.33. The molecule has 1 nitrogen and oxygen atoms in total. The monoisotopic (exact) mass is 186 g/mol. The summed E-state index contributed by atoms with van der Waals surface area (Å²) in [4.78, 5) is 0. The van der Waals surface area contributed by atoms with Crippen LogP contribution in [0.3, 0.4) is 0 Å². The van der Waals surface area contributed by atoms with Crippen LogP contribution in [0, 0.1) is 0 Å². The molecule has 0 unspecified atom stereocenters. The SMILES string of the molecule is CC1=C(C(C)(C)O)CC=C1.[Ti]. The van der Waals surface area contributed by atoms with Crippen molar-refractivity contribution in [1.29, 1.82) is 0 Å². The van der Waals surface area contributed by atoms with Crippen molar-refractivity contribution in [2.75, 3.05) is 0 Å². The summed E-state index contributed by atoms with van der Waals surface area (Å²) in [5.74, 6) is 0. The van der Waals surface area contributed by atoms with Crippen molar-refractivity contribution in [3.8, 4) is 0 Å². The Bertz CT molecular complexity index is 196. The third-order valence-electron chi connectivity index (χ3n) is 1.90. The van der Waals surface area contributed by atoms with E-state index >= 15 is 0 Å². The second kappa shape index (κ2) is 3.71. The summed E-state index contributed by atoms with van der Waals surface area (Å²) in [6, 6.07) is 0. The predicted molar refractivity (Wildman–Crippen MR) is 42.8 cm³/mol. The first-order valence-corrected chi connectivity index (χ1v) is 3.61. The van der Waals surface area contributed by atoms with Crippen LogP contribution in [-0.2, 0) is 21.7 Å². The molecule has 0 aromatic carbocycles. The van der Waals surface area contributed by atoms with Crippen molar-refractivity contribution < 1.29 is 26.8 Å². The molecule has 0 spiro atoms. The minimum absolute atomic E-state index is 0. The van der Waals surface area contributed by atoms with E-state index in [1.165, 1.54) is 5.57 Å². The van der Waals surface area contributed by atoms with E-state index in [4.69, 9.17) is 0 Å². The van der Waals surface area contributed by atoms with Gasteiger partial charge in [0.15, 0.2) is 0 Å². The van der Waals surface area contributed by atoms with Crippen LogP contribution in [0.15, 0.2) is 23.3 Å². The average Bonchev–Trinajstić information content (AvgIpc) is 2.11. The predicted octanol–water partition coefficient (Wildman–Crippen LogP) is 2.03. The van der Waals surface area contributed by atoms with Gasteiger partial charge in [0.05, 0.1) is 5.60 Å². The third-order valence-corrected chi connectivity index (χ3v) is 1.90. The van der Waals surface area contributed by atoms with Crippen LogP contribution in [0.1, 0.15) is 27.2 Å². The van der Waals surface area contributed by atoms with E-state index in [2.05, 4.69) is 12.2 Å². The van der Waals surface area contributed by atoms with Crippen molar-refractivity contribution in [2.24, 2.45) is 0 Å². The van der Waals surface area contributed by atoms with E-state index in [1.54, 1.807) is 0 Å². The van der Waals surface area contributed by atoms with Crippen molar-refractivity contribution in [3.05, 3.63) is 23.3 Å². The summed E-state index contributed by atoms with van der Waals surface area (Å²) >= 11 is 0. The molecule has 0 atom stereocenters. The Kier molecular flexibility index (Phi) is 3.76. The Morgan fingerprint density at radius 3 is 2.18 bits per heavy atom. The van der Waals surface area contributed by atoms with Gasteiger partial charge >= 0.3 is 0 Å². The molecule has 0 heterocycles. The molecule has 0 saturated carbocycles. The average molecular weight is 186 g/mol. The van der Waals surface area contributed by atoms with Gasteiger partial charge in [-0.2, -0.15) is 0 Å². The molecule has 0 aromatic heterocycles. The smallest absolute Gasteiger partial charge is 0.0809 e. The molecule has 11 heavy (non-hydrogen) atoms. The zero-order valence-corrected chi connectivity index (χ0v) is 8.87. The summed E-state index contributed by atoms with van der Waals surface area (Å²) < 4.78 is 0. The minimum Gasteiger partial charge on any atom is -0.386 e. The van der Waals surface area contributed by atoms with Crippen LogP contribution >= 0.6 is 0 Å². The maximum Gasteiger partial charge on any atom is 0.0809 e. The van der Waals surface area contributed by atoms with Crippen LogP contribution in [0.4, 0.5) is 0 Å². The summed E-state index contributed by atoms with van der Waals surface area (Å²) in [6.45, 7) is 5.70. The third kappa shape index (κ3) is 2.59. The van der Waals surface area contributed by atoms with Crippen molar-refractivity contribution in [2.45, 2.75) is 32.8 Å². The fraction of sp³-hybridized carbons (Fsp3) is 0.556. The molecule has 1 N–H and O–H groups in total. The Labute approximate surface area is 83.1 Å². The largest absolute Gasteiger partial charge is 0.386 e. The van der Waals surface area contributed by atoms with Gasteiger partial charge in [0.25, 0.3) is 0 Å². The Morgan fingerprint density at radius 2 is 2.00 bits per heavy atom. The first-order valence-electron chi connectivity index (χ1n) is 3.61. The second-order valence-electron chi connectivity index (χ2n) is 3.33. The number of rotatable bonds is 1. The minimum atomic E-state index is -0.631. The molecular weight excluding hydrogens is 172 g/mol. The van der Waals surface area contributed by atoms with Crippen molar-refractivity contribution >= 4 is 0 Å². The van der Waals surface area contributed by atoms with E-state index in [-0.39, 0.29) is 21.7 Å². The zero-order valence-electron chi connectivity index (χ0n) is 7.31. The summed E-state index contributed by atoms with van der Waals surface area (Å²) in [7, 11) is 0. The van der Waals surface area contributed by atoms with Crippen molar-refractivity contribution in [3.63, 3.8) is 0 Å². The van der Waals surface area contributed by atoms with Gasteiger partial charge in [0, 0.05) is 21.7 Å². The molecule has 0 fully saturated rings. The molecule has 60 valence electrons. The van der Waals surface area contributed by atoms with Gasteiger partial charge in [-0.1, -0.05) is 12.2 Å². The summed E-state index contributed by atoms with van der Waals surface area (Å²) in [5, 5.41) is 9.59. The molecule has 1 rings (SSSR count). The van der Waals surface area contributed by atoms with Crippen LogP contribution in [0.25, 0.3) is 0 Å². The van der Waals surface area contributed by atoms with E-state index in [1.807, 2.05) is 20.8 Å². The molecule has 0 aliphatic heterocycles. The van der Waals surface area contributed by atoms with E-state index in [0.29, 0.717) is 0 Å². The van der Waals surface area contributed by atoms with Gasteiger partial charge in [0.1, 0.15) is 0 Å². The quantitative estimate of drug-likeness (QED) is 0.621. The van der Waals surface area contributed by atoms with Gasteiger partial charge < -0.3 is 5.11 Å². The molecule has 0 saturated heterocycles. The molecule has 1 aliphatic rings. The molecule has 0 bridgehead atoms. The van der Waals surface area contributed by atoms with E-state index in [9.17, 15) is 5.11 Å². The molecule has 2 heteroatoms. The zero-order chi connectivity index (χ0) is 7.78. The number of aliphatic hydroxyl groups is 1. The molecule has 0 amide bonds. The number of hydrogen-bond acceptors (Lipinski definition) is 1. The maximum atomic E-state index is 9.59. The number of hydrogen-bond donors (Lipinski definition) is 1. The van der Waals surface area contributed by atoms with Gasteiger partial charge in [-0.15, -0.1) is 0 Å². The standard InChI is InChI=1S/C9H14O.Ti/c1-7-5-4-6-8(7)9(2,3)10;/h4-5,10H,6H2,1-3H3;. The Balaban J connectivity index is 0.000001000. The summed E-state index contributed by atoms with van der Waals surface area (Å²) in [6.07, 6.45) is 5.06. The van der Waals surface area contributed by atoms with Gasteiger partial charge in [-0.25, -0.2) is 0 Å². The van der Waals surface area contributed by atoms with Crippen LogP contribution in [-0.4, -0.2) is 10.7 Å². The molecular formula is C9H14OTi. The van der Waals surface area contributed by atoms with Crippen LogP contribution in [0.2, 0.25) is 0 Å². The Morgan fingerprint density at radius 1 is 1.45 bits per heavy atom. The van der Waals surface area contributed by atoms with Gasteiger partial charge in [-0.05, 0) is 38.3 Å². The normalized spacial score (nSPS) is 17.1. The van der Waals surface area contributed by atoms with Crippen LogP contribution in [0.5, 0.6) is 0 Å². The first kappa shape index (κ1) is 11.2. The fourth-order valence-corrected chi connectivity index (χ4v) is 1.35. The maximum absolute atomic E-state index is 9.59. The molecule has 1 aliphatic carbocycles. The summed E-state index contributed by atoms with van der Waals surface area (Å²) in [5.41, 5.74) is 1.73. The van der Waals surface area contributed by atoms with Gasteiger partial charge in [0.2, 0.25) is 0 Å². The van der Waals surface area contributed by atoms with E-state index in [0.717, 1.165) is 12.0 Å². The topological polar surface area (TPSA) is 20.2 Å². The number of allylic oxidation sites excluding steroid dienone is 3. The van der Waals surface area contributed by atoms with Gasteiger partial charge in [-0.3, -0.25) is 0 Å². The molecule has 0 aromatic rings. The van der Waals surface area contributed by atoms with Crippen LogP contribution < -0.4 is 0 Å². The Hall–Kier alpha value is 0.154.